The molecule has 26 heavy (non-hydrogen) atoms. The summed E-state index contributed by atoms with van der Waals surface area (Å²) in [4.78, 5) is 11.8. The van der Waals surface area contributed by atoms with Gasteiger partial charge in [0.05, 0.1) is 17.8 Å². The minimum atomic E-state index is -0.201. The molecule has 0 saturated carbocycles. The highest BCUT2D eigenvalue weighted by atomic mass is 35.5. The molecule has 0 bridgehead atoms. The van der Waals surface area contributed by atoms with E-state index in [0.717, 1.165) is 5.56 Å². The van der Waals surface area contributed by atoms with Gasteiger partial charge in [-0.2, -0.15) is 5.10 Å². The van der Waals surface area contributed by atoms with Crippen LogP contribution in [-0.4, -0.2) is 25.5 Å². The molecule has 0 radical (unpaired) electrons. The average molecular weight is 395 g/mol. The van der Waals surface area contributed by atoms with E-state index in [2.05, 4.69) is 10.5 Å². The Hall–Kier alpha value is -2.44. The quantitative estimate of drug-likeness (QED) is 0.437. The Bertz CT molecular complexity index is 827. The summed E-state index contributed by atoms with van der Waals surface area (Å²) in [5.41, 5.74) is 3.28. The average Bonchev–Trinajstić information content (AvgIpc) is 3.08. The van der Waals surface area contributed by atoms with Crippen molar-refractivity contribution in [3.05, 3.63) is 52.0 Å². The topological polar surface area (TPSA) is 69.2 Å². The number of hydrogen-bond acceptors (Lipinski definition) is 5. The zero-order chi connectivity index (χ0) is 18.4. The number of carbonyl (C=O) groups excluding carboxylic acids is 1. The van der Waals surface area contributed by atoms with Crippen molar-refractivity contribution in [3.8, 4) is 17.2 Å². The number of hydrogen-bond donors (Lipinski definition) is 1. The molecule has 2 aromatic rings. The summed E-state index contributed by atoms with van der Waals surface area (Å²) in [6.07, 6.45) is 2.36. The maximum absolute atomic E-state index is 11.8. The van der Waals surface area contributed by atoms with Crippen molar-refractivity contribution >= 4 is 35.3 Å². The third-order valence-electron chi connectivity index (χ3n) is 3.50. The summed E-state index contributed by atoms with van der Waals surface area (Å²) in [5.74, 6) is 1.70. The van der Waals surface area contributed by atoms with Gasteiger partial charge in [-0.25, -0.2) is 5.43 Å². The summed E-state index contributed by atoms with van der Waals surface area (Å²) in [6, 6.07) is 10.4. The summed E-state index contributed by atoms with van der Waals surface area (Å²) in [6.45, 7) is 0.580. The van der Waals surface area contributed by atoms with Gasteiger partial charge in [-0.05, 0) is 48.4 Å². The first-order valence-corrected chi connectivity index (χ1v) is 8.67. The lowest BCUT2D eigenvalue weighted by molar-refractivity contribution is -0.121. The van der Waals surface area contributed by atoms with Crippen LogP contribution in [0.4, 0.5) is 0 Å². The number of benzene rings is 2. The molecule has 1 aliphatic heterocycles. The fourth-order valence-corrected chi connectivity index (χ4v) is 2.70. The SMILES string of the molecule is O=C(CCCOc1ccc(Cl)cc1Cl)N/N=C\c1ccc2c(c1)OCO2. The first-order chi connectivity index (χ1) is 12.6. The van der Waals surface area contributed by atoms with Crippen LogP contribution in [0.15, 0.2) is 41.5 Å². The molecule has 0 spiro atoms. The molecule has 0 unspecified atom stereocenters. The predicted molar refractivity (Wildman–Crippen MR) is 99.5 cm³/mol. The smallest absolute Gasteiger partial charge is 0.240 e. The Kier molecular flexibility index (Phi) is 6.20. The zero-order valence-electron chi connectivity index (χ0n) is 13.7. The monoisotopic (exact) mass is 394 g/mol. The Morgan fingerprint density at radius 2 is 2.04 bits per heavy atom. The number of halogens is 2. The van der Waals surface area contributed by atoms with Crippen molar-refractivity contribution in [2.45, 2.75) is 12.8 Å². The molecule has 1 N–H and O–H groups in total. The molecule has 1 amide bonds. The fourth-order valence-electron chi connectivity index (χ4n) is 2.24. The number of hydrazone groups is 1. The maximum atomic E-state index is 11.8. The number of amides is 1. The van der Waals surface area contributed by atoms with Gasteiger partial charge in [0.15, 0.2) is 11.5 Å². The van der Waals surface area contributed by atoms with Crippen molar-refractivity contribution < 1.29 is 19.0 Å². The van der Waals surface area contributed by atoms with E-state index in [-0.39, 0.29) is 19.1 Å². The molecule has 6 nitrogen and oxygen atoms in total. The van der Waals surface area contributed by atoms with Crippen molar-refractivity contribution in [3.63, 3.8) is 0 Å². The molecule has 2 aromatic carbocycles. The highest BCUT2D eigenvalue weighted by Crippen LogP contribution is 2.32. The summed E-state index contributed by atoms with van der Waals surface area (Å²) in [5, 5.41) is 4.91. The lowest BCUT2D eigenvalue weighted by Crippen LogP contribution is -2.18. The Morgan fingerprint density at radius 1 is 1.19 bits per heavy atom. The third-order valence-corrected chi connectivity index (χ3v) is 4.03. The first-order valence-electron chi connectivity index (χ1n) is 7.91. The lowest BCUT2D eigenvalue weighted by Gasteiger charge is -2.07. The number of ether oxygens (including phenoxy) is 3. The van der Waals surface area contributed by atoms with Crippen molar-refractivity contribution in [2.75, 3.05) is 13.4 Å². The molecular weight excluding hydrogens is 379 g/mol. The van der Waals surface area contributed by atoms with Crippen LogP contribution in [0, 0.1) is 0 Å². The van der Waals surface area contributed by atoms with Gasteiger partial charge in [0.25, 0.3) is 0 Å². The van der Waals surface area contributed by atoms with Gasteiger partial charge >= 0.3 is 0 Å². The molecule has 8 heteroatoms. The molecule has 0 fully saturated rings. The molecule has 1 heterocycles. The number of carbonyl (C=O) groups is 1. The largest absolute Gasteiger partial charge is 0.492 e. The second-order valence-corrected chi connectivity index (χ2v) is 6.28. The third kappa shape index (κ3) is 5.03. The van der Waals surface area contributed by atoms with Crippen LogP contribution in [0.1, 0.15) is 18.4 Å². The van der Waals surface area contributed by atoms with Gasteiger partial charge in [-0.15, -0.1) is 0 Å². The Balaban J connectivity index is 1.37. The van der Waals surface area contributed by atoms with Gasteiger partial charge < -0.3 is 14.2 Å². The van der Waals surface area contributed by atoms with Crippen molar-refractivity contribution in [1.82, 2.24) is 5.43 Å². The molecule has 3 rings (SSSR count). The number of rotatable bonds is 7. The highest BCUT2D eigenvalue weighted by molar-refractivity contribution is 6.35. The van der Waals surface area contributed by atoms with E-state index in [0.29, 0.717) is 40.3 Å². The van der Waals surface area contributed by atoms with Crippen LogP contribution >= 0.6 is 23.2 Å². The van der Waals surface area contributed by atoms with Gasteiger partial charge in [-0.1, -0.05) is 23.2 Å². The van der Waals surface area contributed by atoms with Gasteiger partial charge in [0.1, 0.15) is 5.75 Å². The van der Waals surface area contributed by atoms with Gasteiger partial charge in [0, 0.05) is 11.4 Å². The maximum Gasteiger partial charge on any atom is 0.240 e. The Morgan fingerprint density at radius 3 is 2.88 bits per heavy atom. The summed E-state index contributed by atoms with van der Waals surface area (Å²) in [7, 11) is 0. The summed E-state index contributed by atoms with van der Waals surface area (Å²) >= 11 is 11.8. The first kappa shape index (κ1) is 18.4. The van der Waals surface area contributed by atoms with Crippen LogP contribution in [0.3, 0.4) is 0 Å². The highest BCUT2D eigenvalue weighted by Gasteiger charge is 2.12. The molecule has 0 atom stereocenters. The Labute approximate surface area is 160 Å². The molecule has 0 aromatic heterocycles. The van der Waals surface area contributed by atoms with E-state index in [1.165, 1.54) is 0 Å². The van der Waals surface area contributed by atoms with Crippen LogP contribution < -0.4 is 19.6 Å². The van der Waals surface area contributed by atoms with Crippen LogP contribution in [0.5, 0.6) is 17.2 Å². The second kappa shape index (κ2) is 8.78. The number of nitrogens with one attached hydrogen (secondary N) is 1. The minimum absolute atomic E-state index is 0.201. The van der Waals surface area contributed by atoms with Gasteiger partial charge in [-0.3, -0.25) is 4.79 Å². The summed E-state index contributed by atoms with van der Waals surface area (Å²) < 4.78 is 16.0. The fraction of sp³-hybridized carbons (Fsp3) is 0.222. The second-order valence-electron chi connectivity index (χ2n) is 5.43. The van der Waals surface area contributed by atoms with E-state index in [1.807, 2.05) is 6.07 Å². The van der Waals surface area contributed by atoms with Crippen LogP contribution in [-0.2, 0) is 4.79 Å². The van der Waals surface area contributed by atoms with Crippen molar-refractivity contribution in [2.24, 2.45) is 5.10 Å². The predicted octanol–water partition coefficient (Wildman–Crippen LogP) is 4.03. The molecule has 0 saturated heterocycles. The number of fused-ring (bicyclic) bond motifs is 1. The normalized spacial score (nSPS) is 12.4. The van der Waals surface area contributed by atoms with E-state index < -0.39 is 0 Å². The van der Waals surface area contributed by atoms with Crippen LogP contribution in [0.25, 0.3) is 0 Å². The molecule has 136 valence electrons. The molecule has 1 aliphatic rings. The van der Waals surface area contributed by atoms with E-state index in [1.54, 1.807) is 36.5 Å². The van der Waals surface area contributed by atoms with E-state index in [4.69, 9.17) is 37.4 Å². The van der Waals surface area contributed by atoms with Crippen molar-refractivity contribution in [1.29, 1.82) is 0 Å². The van der Waals surface area contributed by atoms with E-state index >= 15 is 0 Å². The molecule has 0 aliphatic carbocycles. The van der Waals surface area contributed by atoms with Gasteiger partial charge in [0.2, 0.25) is 12.7 Å². The van der Waals surface area contributed by atoms with E-state index in [9.17, 15) is 4.79 Å². The molecular formula is C18H16Cl2N2O4. The lowest BCUT2D eigenvalue weighted by atomic mass is 10.2. The standard InChI is InChI=1S/C18H16Cl2N2O4/c19-13-4-6-15(14(20)9-13)24-7-1-2-18(23)22-21-10-12-3-5-16-17(8-12)26-11-25-16/h3-6,8-10H,1-2,7,11H2,(H,22,23)/b21-10-. The minimum Gasteiger partial charge on any atom is -0.492 e. The number of nitrogens with zero attached hydrogens (tertiary/aromatic N) is 1. The van der Waals surface area contributed by atoms with Crippen LogP contribution in [0.2, 0.25) is 10.0 Å². The zero-order valence-corrected chi connectivity index (χ0v) is 15.2.